The molecule has 3 rings (SSSR count). The highest BCUT2D eigenvalue weighted by atomic mass is 16.5. The van der Waals surface area contributed by atoms with Crippen molar-refractivity contribution in [3.63, 3.8) is 0 Å². The van der Waals surface area contributed by atoms with Crippen molar-refractivity contribution in [2.24, 2.45) is 0 Å². The van der Waals surface area contributed by atoms with Crippen LogP contribution in [-0.4, -0.2) is 53.4 Å². The van der Waals surface area contributed by atoms with E-state index in [9.17, 15) is 19.2 Å². The highest BCUT2D eigenvalue weighted by molar-refractivity contribution is 6.08. The first-order chi connectivity index (χ1) is 13.0. The Morgan fingerprint density at radius 2 is 1.67 bits per heavy atom. The number of urea groups is 1. The molecule has 3 fully saturated rings. The van der Waals surface area contributed by atoms with E-state index < -0.39 is 24.1 Å². The van der Waals surface area contributed by atoms with Crippen LogP contribution in [0.4, 0.5) is 4.79 Å². The minimum Gasteiger partial charge on any atom is -0.454 e. The van der Waals surface area contributed by atoms with Crippen molar-refractivity contribution in [3.05, 3.63) is 0 Å². The molecule has 8 heteroatoms. The molecular formula is C19H29N3O5. The van der Waals surface area contributed by atoms with Crippen molar-refractivity contribution in [2.75, 3.05) is 13.2 Å². The summed E-state index contributed by atoms with van der Waals surface area (Å²) >= 11 is 0. The van der Waals surface area contributed by atoms with Crippen LogP contribution in [0.5, 0.6) is 0 Å². The van der Waals surface area contributed by atoms with Crippen molar-refractivity contribution in [1.82, 2.24) is 15.5 Å². The number of imide groups is 1. The van der Waals surface area contributed by atoms with Gasteiger partial charge in [0.05, 0.1) is 0 Å². The second kappa shape index (κ2) is 8.71. The molecule has 0 unspecified atom stereocenters. The molecule has 0 atom stereocenters. The molecule has 1 heterocycles. The van der Waals surface area contributed by atoms with Crippen LogP contribution in [0, 0.1) is 0 Å². The molecule has 2 aliphatic carbocycles. The lowest BCUT2D eigenvalue weighted by atomic mass is 9.82. The topological polar surface area (TPSA) is 105 Å². The Bertz CT molecular complexity index is 592. The van der Waals surface area contributed by atoms with Crippen LogP contribution in [0.3, 0.4) is 0 Å². The van der Waals surface area contributed by atoms with E-state index in [0.717, 1.165) is 49.8 Å². The third-order valence-electron chi connectivity index (χ3n) is 5.82. The average molecular weight is 379 g/mol. The summed E-state index contributed by atoms with van der Waals surface area (Å²) in [5.41, 5.74) is -0.855. The van der Waals surface area contributed by atoms with Gasteiger partial charge in [-0.2, -0.15) is 0 Å². The third-order valence-corrected chi connectivity index (χ3v) is 5.82. The molecule has 0 aromatic heterocycles. The molecule has 2 N–H and O–H groups in total. The van der Waals surface area contributed by atoms with Crippen molar-refractivity contribution in [2.45, 2.75) is 82.2 Å². The normalized spacial score (nSPS) is 23.0. The number of ether oxygens (including phenoxy) is 1. The number of nitrogens with zero attached hydrogens (tertiary/aromatic N) is 1. The van der Waals surface area contributed by atoms with Gasteiger partial charge in [-0.05, 0) is 25.7 Å². The Morgan fingerprint density at radius 1 is 1.04 bits per heavy atom. The molecule has 0 aromatic rings. The van der Waals surface area contributed by atoms with Crippen molar-refractivity contribution in [1.29, 1.82) is 0 Å². The van der Waals surface area contributed by atoms with Crippen molar-refractivity contribution in [3.8, 4) is 0 Å². The molecule has 2 saturated carbocycles. The first kappa shape index (κ1) is 19.6. The maximum absolute atomic E-state index is 12.6. The quantitative estimate of drug-likeness (QED) is 0.429. The zero-order chi connectivity index (χ0) is 19.3. The number of hydrogen-bond donors (Lipinski definition) is 2. The Balaban J connectivity index is 1.44. The van der Waals surface area contributed by atoms with Crippen molar-refractivity contribution < 1.29 is 23.9 Å². The van der Waals surface area contributed by atoms with E-state index in [-0.39, 0.29) is 24.5 Å². The number of amides is 4. The monoisotopic (exact) mass is 379 g/mol. The molecule has 0 bridgehead atoms. The Morgan fingerprint density at radius 3 is 2.33 bits per heavy atom. The van der Waals surface area contributed by atoms with Gasteiger partial charge >= 0.3 is 12.0 Å². The van der Waals surface area contributed by atoms with Gasteiger partial charge in [-0.15, -0.1) is 0 Å². The van der Waals surface area contributed by atoms with Gasteiger partial charge in [0, 0.05) is 6.04 Å². The SMILES string of the molecule is O=C(COC(=O)CN1C(=O)NC2(CCCCC2)C1=O)NC1CCCCCC1. The van der Waals surface area contributed by atoms with Gasteiger partial charge < -0.3 is 15.4 Å². The summed E-state index contributed by atoms with van der Waals surface area (Å²) in [6.45, 7) is -0.840. The van der Waals surface area contributed by atoms with Gasteiger partial charge in [-0.1, -0.05) is 44.9 Å². The van der Waals surface area contributed by atoms with Gasteiger partial charge in [0.1, 0.15) is 12.1 Å². The van der Waals surface area contributed by atoms with Crippen LogP contribution in [-0.2, 0) is 19.1 Å². The maximum atomic E-state index is 12.6. The number of nitrogens with one attached hydrogen (secondary N) is 2. The van der Waals surface area contributed by atoms with Gasteiger partial charge in [0.2, 0.25) is 0 Å². The van der Waals surface area contributed by atoms with E-state index in [1.54, 1.807) is 0 Å². The molecule has 1 aliphatic heterocycles. The van der Waals surface area contributed by atoms with Crippen LogP contribution in [0.25, 0.3) is 0 Å². The largest absolute Gasteiger partial charge is 0.454 e. The fourth-order valence-electron chi connectivity index (χ4n) is 4.33. The lowest BCUT2D eigenvalue weighted by molar-refractivity contribution is -0.151. The molecular weight excluding hydrogens is 350 g/mol. The van der Waals surface area contributed by atoms with Gasteiger partial charge in [0.25, 0.3) is 11.8 Å². The highest BCUT2D eigenvalue weighted by Gasteiger charge is 2.51. The first-order valence-electron chi connectivity index (χ1n) is 10.1. The van der Waals surface area contributed by atoms with E-state index >= 15 is 0 Å². The predicted molar refractivity (Wildman–Crippen MR) is 96.7 cm³/mol. The number of carbonyl (C=O) groups excluding carboxylic acids is 4. The van der Waals surface area contributed by atoms with Gasteiger partial charge in [-0.3, -0.25) is 19.3 Å². The van der Waals surface area contributed by atoms with E-state index in [0.29, 0.717) is 12.8 Å². The summed E-state index contributed by atoms with van der Waals surface area (Å²) in [5, 5.41) is 5.65. The van der Waals surface area contributed by atoms with E-state index in [4.69, 9.17) is 4.74 Å². The van der Waals surface area contributed by atoms with E-state index in [1.165, 1.54) is 12.8 Å². The second-order valence-corrected chi connectivity index (χ2v) is 7.88. The van der Waals surface area contributed by atoms with Gasteiger partial charge in [0.15, 0.2) is 6.61 Å². The lowest BCUT2D eigenvalue weighted by Crippen LogP contribution is -2.48. The summed E-state index contributed by atoms with van der Waals surface area (Å²) in [4.78, 5) is 49.7. The summed E-state index contributed by atoms with van der Waals surface area (Å²) in [6.07, 6.45) is 10.5. The predicted octanol–water partition coefficient (Wildman–Crippen LogP) is 1.62. The molecule has 150 valence electrons. The second-order valence-electron chi connectivity index (χ2n) is 7.88. The molecule has 3 aliphatic rings. The van der Waals surface area contributed by atoms with Crippen LogP contribution in [0.15, 0.2) is 0 Å². The fourth-order valence-corrected chi connectivity index (χ4v) is 4.33. The van der Waals surface area contributed by atoms with E-state index in [1.807, 2.05) is 0 Å². The van der Waals surface area contributed by atoms with Crippen molar-refractivity contribution >= 4 is 23.8 Å². The summed E-state index contributed by atoms with van der Waals surface area (Å²) in [7, 11) is 0. The Hall–Kier alpha value is -2.12. The minimum atomic E-state index is -0.855. The highest BCUT2D eigenvalue weighted by Crippen LogP contribution is 2.33. The lowest BCUT2D eigenvalue weighted by Gasteiger charge is -2.30. The van der Waals surface area contributed by atoms with E-state index in [2.05, 4.69) is 10.6 Å². The first-order valence-corrected chi connectivity index (χ1v) is 10.1. The molecule has 4 amide bonds. The minimum absolute atomic E-state index is 0.135. The Kier molecular flexibility index (Phi) is 6.34. The molecule has 1 saturated heterocycles. The number of rotatable bonds is 5. The smallest absolute Gasteiger partial charge is 0.326 e. The summed E-state index contributed by atoms with van der Waals surface area (Å²) < 4.78 is 4.99. The zero-order valence-electron chi connectivity index (χ0n) is 15.8. The fraction of sp³-hybridized carbons (Fsp3) is 0.789. The standard InChI is InChI=1S/C19H29N3O5/c23-15(20-14-8-4-1-2-5-9-14)13-27-16(24)12-22-17(25)19(21-18(22)26)10-6-3-7-11-19/h14H,1-13H2,(H,20,23)(H,21,26). The molecule has 0 aromatic carbocycles. The van der Waals surface area contributed by atoms with Crippen LogP contribution in [0.1, 0.15) is 70.6 Å². The molecule has 1 spiro atoms. The molecule has 27 heavy (non-hydrogen) atoms. The molecule has 8 nitrogen and oxygen atoms in total. The summed E-state index contributed by atoms with van der Waals surface area (Å²) in [5.74, 6) is -1.44. The number of esters is 1. The van der Waals surface area contributed by atoms with Crippen LogP contribution >= 0.6 is 0 Å². The van der Waals surface area contributed by atoms with Crippen LogP contribution < -0.4 is 10.6 Å². The Labute approximate surface area is 159 Å². The third kappa shape index (κ3) is 4.78. The van der Waals surface area contributed by atoms with Crippen LogP contribution in [0.2, 0.25) is 0 Å². The number of hydrogen-bond acceptors (Lipinski definition) is 5. The zero-order valence-corrected chi connectivity index (χ0v) is 15.8. The molecule has 0 radical (unpaired) electrons. The number of carbonyl (C=O) groups is 4. The maximum Gasteiger partial charge on any atom is 0.326 e. The van der Waals surface area contributed by atoms with Gasteiger partial charge in [-0.25, -0.2) is 4.79 Å². The average Bonchev–Trinajstić information content (AvgIpc) is 2.84. The summed E-state index contributed by atoms with van der Waals surface area (Å²) in [6, 6.07) is -0.419.